The molecule has 0 fully saturated rings. The number of aromatic nitrogens is 1. The predicted octanol–water partition coefficient (Wildman–Crippen LogP) is 4.42. The van der Waals surface area contributed by atoms with E-state index in [0.717, 1.165) is 12.1 Å². The van der Waals surface area contributed by atoms with Gasteiger partial charge in [0, 0.05) is 18.0 Å². The number of H-pyrrole nitrogens is 1. The van der Waals surface area contributed by atoms with Crippen LogP contribution in [0.1, 0.15) is 29.0 Å². The van der Waals surface area contributed by atoms with Crippen molar-refractivity contribution in [1.82, 2.24) is 9.88 Å². The number of nitrogens with one attached hydrogen (secondary N) is 1. The SMILES string of the molecule is CC(c1ccc(F)c(F)c1)N(C)C(=O)c1cc2c(F)cccc2[nH]1. The Labute approximate surface area is 136 Å². The Morgan fingerprint density at radius 1 is 1.04 bits per heavy atom. The maximum Gasteiger partial charge on any atom is 0.270 e. The quantitative estimate of drug-likeness (QED) is 0.757. The van der Waals surface area contributed by atoms with Gasteiger partial charge in [-0.3, -0.25) is 4.79 Å². The molecule has 0 aliphatic carbocycles. The van der Waals surface area contributed by atoms with Crippen molar-refractivity contribution in [3.05, 3.63) is 71.2 Å². The Kier molecular flexibility index (Phi) is 4.05. The number of carbonyl (C=O) groups is 1. The fraction of sp³-hybridized carbons (Fsp3) is 0.167. The number of nitrogens with zero attached hydrogens (tertiary/aromatic N) is 1. The summed E-state index contributed by atoms with van der Waals surface area (Å²) >= 11 is 0. The van der Waals surface area contributed by atoms with Gasteiger partial charge in [0.15, 0.2) is 11.6 Å². The Bertz CT molecular complexity index is 920. The summed E-state index contributed by atoms with van der Waals surface area (Å²) < 4.78 is 40.2. The standard InChI is InChI=1S/C18H15F3N2O/c1-10(11-6-7-14(20)15(21)8-11)23(2)18(24)17-9-12-13(19)4-3-5-16(12)22-17/h3-10,22H,1-2H3. The summed E-state index contributed by atoms with van der Waals surface area (Å²) in [7, 11) is 1.55. The maximum atomic E-state index is 13.7. The van der Waals surface area contributed by atoms with E-state index in [1.54, 1.807) is 26.1 Å². The van der Waals surface area contributed by atoms with Crippen molar-refractivity contribution in [3.8, 4) is 0 Å². The normalized spacial score (nSPS) is 12.4. The van der Waals surface area contributed by atoms with E-state index in [-0.39, 0.29) is 11.6 Å². The third-order valence-electron chi connectivity index (χ3n) is 4.17. The molecular formula is C18H15F3N2O. The molecular weight excluding hydrogens is 317 g/mol. The van der Waals surface area contributed by atoms with Gasteiger partial charge < -0.3 is 9.88 Å². The van der Waals surface area contributed by atoms with Crippen molar-refractivity contribution >= 4 is 16.8 Å². The highest BCUT2D eigenvalue weighted by molar-refractivity contribution is 5.98. The van der Waals surface area contributed by atoms with Gasteiger partial charge >= 0.3 is 0 Å². The fourth-order valence-corrected chi connectivity index (χ4v) is 2.60. The number of carbonyl (C=O) groups excluding carboxylic acids is 1. The molecule has 0 radical (unpaired) electrons. The molecule has 1 heterocycles. The first-order chi connectivity index (χ1) is 11.4. The van der Waals surface area contributed by atoms with Gasteiger partial charge in [-0.2, -0.15) is 0 Å². The van der Waals surface area contributed by atoms with Crippen molar-refractivity contribution in [1.29, 1.82) is 0 Å². The summed E-state index contributed by atoms with van der Waals surface area (Å²) in [5.74, 6) is -2.69. The second-order valence-electron chi connectivity index (χ2n) is 5.65. The lowest BCUT2D eigenvalue weighted by atomic mass is 10.1. The van der Waals surface area contributed by atoms with Crippen LogP contribution in [-0.4, -0.2) is 22.8 Å². The first kappa shape index (κ1) is 16.1. The molecule has 0 aliphatic heterocycles. The van der Waals surface area contributed by atoms with Crippen LogP contribution in [-0.2, 0) is 0 Å². The van der Waals surface area contributed by atoms with E-state index in [1.807, 2.05) is 0 Å². The summed E-state index contributed by atoms with van der Waals surface area (Å²) in [5.41, 5.74) is 1.21. The fourth-order valence-electron chi connectivity index (χ4n) is 2.60. The van der Waals surface area contributed by atoms with E-state index in [2.05, 4.69) is 4.98 Å². The van der Waals surface area contributed by atoms with Crippen LogP contribution in [0.4, 0.5) is 13.2 Å². The van der Waals surface area contributed by atoms with Crippen LogP contribution >= 0.6 is 0 Å². The average Bonchev–Trinajstić information content (AvgIpc) is 3.01. The van der Waals surface area contributed by atoms with Crippen molar-refractivity contribution in [2.45, 2.75) is 13.0 Å². The molecule has 1 N–H and O–H groups in total. The molecule has 1 aromatic heterocycles. The Morgan fingerprint density at radius 2 is 1.79 bits per heavy atom. The predicted molar refractivity (Wildman–Crippen MR) is 85.1 cm³/mol. The number of halogens is 3. The van der Waals surface area contributed by atoms with Crippen molar-refractivity contribution in [3.63, 3.8) is 0 Å². The number of hydrogen-bond acceptors (Lipinski definition) is 1. The Balaban J connectivity index is 1.89. The largest absolute Gasteiger partial charge is 0.350 e. The molecule has 0 bridgehead atoms. The van der Waals surface area contributed by atoms with Crippen LogP contribution in [0.15, 0.2) is 42.5 Å². The molecule has 0 saturated carbocycles. The second-order valence-corrected chi connectivity index (χ2v) is 5.65. The van der Waals surface area contributed by atoms with E-state index < -0.39 is 23.5 Å². The molecule has 3 aromatic rings. The van der Waals surface area contributed by atoms with Crippen molar-refractivity contribution < 1.29 is 18.0 Å². The van der Waals surface area contributed by atoms with E-state index in [9.17, 15) is 18.0 Å². The van der Waals surface area contributed by atoms with Crippen molar-refractivity contribution in [2.75, 3.05) is 7.05 Å². The number of fused-ring (bicyclic) bond motifs is 1. The van der Waals surface area contributed by atoms with Gasteiger partial charge in [0.2, 0.25) is 0 Å². The van der Waals surface area contributed by atoms with E-state index in [4.69, 9.17) is 0 Å². The molecule has 3 rings (SSSR count). The topological polar surface area (TPSA) is 36.1 Å². The lowest BCUT2D eigenvalue weighted by Crippen LogP contribution is -2.30. The van der Waals surface area contributed by atoms with Gasteiger partial charge in [0.05, 0.1) is 6.04 Å². The third-order valence-corrected chi connectivity index (χ3v) is 4.17. The van der Waals surface area contributed by atoms with Crippen LogP contribution in [0, 0.1) is 17.5 Å². The summed E-state index contributed by atoms with van der Waals surface area (Å²) in [4.78, 5) is 16.9. The molecule has 0 spiro atoms. The van der Waals surface area contributed by atoms with E-state index >= 15 is 0 Å². The highest BCUT2D eigenvalue weighted by atomic mass is 19.2. The molecule has 1 unspecified atom stereocenters. The molecule has 0 aliphatic rings. The first-order valence-corrected chi connectivity index (χ1v) is 7.38. The zero-order chi connectivity index (χ0) is 17.4. The van der Waals surface area contributed by atoms with Crippen LogP contribution in [0.25, 0.3) is 10.9 Å². The van der Waals surface area contributed by atoms with Gasteiger partial charge in [-0.1, -0.05) is 12.1 Å². The van der Waals surface area contributed by atoms with Crippen LogP contribution in [0.5, 0.6) is 0 Å². The minimum atomic E-state index is -0.965. The molecule has 124 valence electrons. The summed E-state index contributed by atoms with van der Waals surface area (Å²) in [6, 6.07) is 9.03. The highest BCUT2D eigenvalue weighted by Gasteiger charge is 2.22. The minimum Gasteiger partial charge on any atom is -0.350 e. The zero-order valence-corrected chi connectivity index (χ0v) is 13.1. The molecule has 1 atom stereocenters. The molecule has 6 heteroatoms. The lowest BCUT2D eigenvalue weighted by Gasteiger charge is -2.25. The van der Waals surface area contributed by atoms with Gasteiger partial charge in [-0.25, -0.2) is 13.2 Å². The molecule has 3 nitrogen and oxygen atoms in total. The van der Waals surface area contributed by atoms with Gasteiger partial charge in [0.25, 0.3) is 5.91 Å². The van der Waals surface area contributed by atoms with Gasteiger partial charge in [-0.15, -0.1) is 0 Å². The average molecular weight is 332 g/mol. The minimum absolute atomic E-state index is 0.229. The van der Waals surface area contributed by atoms with Crippen LogP contribution in [0.3, 0.4) is 0 Å². The van der Waals surface area contributed by atoms with Crippen molar-refractivity contribution in [2.24, 2.45) is 0 Å². The maximum absolute atomic E-state index is 13.7. The zero-order valence-electron chi connectivity index (χ0n) is 13.1. The Morgan fingerprint density at radius 3 is 2.46 bits per heavy atom. The van der Waals surface area contributed by atoms with Crippen LogP contribution in [0.2, 0.25) is 0 Å². The number of aromatic amines is 1. The monoisotopic (exact) mass is 332 g/mol. The smallest absolute Gasteiger partial charge is 0.270 e. The first-order valence-electron chi connectivity index (χ1n) is 7.38. The van der Waals surface area contributed by atoms with Gasteiger partial charge in [-0.05, 0) is 42.8 Å². The van der Waals surface area contributed by atoms with E-state index in [1.165, 1.54) is 23.1 Å². The lowest BCUT2D eigenvalue weighted by molar-refractivity contribution is 0.0737. The molecule has 1 amide bonds. The van der Waals surface area contributed by atoms with E-state index in [0.29, 0.717) is 16.5 Å². The molecule has 2 aromatic carbocycles. The number of amides is 1. The Hall–Kier alpha value is -2.76. The van der Waals surface area contributed by atoms with Gasteiger partial charge in [0.1, 0.15) is 11.5 Å². The number of rotatable bonds is 3. The summed E-state index contributed by atoms with van der Waals surface area (Å²) in [6.07, 6.45) is 0. The summed E-state index contributed by atoms with van der Waals surface area (Å²) in [6.45, 7) is 1.70. The van der Waals surface area contributed by atoms with Crippen LogP contribution < -0.4 is 0 Å². The molecule has 0 saturated heterocycles. The molecule has 24 heavy (non-hydrogen) atoms. The number of hydrogen-bond donors (Lipinski definition) is 1. The third kappa shape index (κ3) is 2.75. The number of benzene rings is 2. The second kappa shape index (κ2) is 6.03. The summed E-state index contributed by atoms with van der Waals surface area (Å²) in [5, 5.41) is 0.328. The highest BCUT2D eigenvalue weighted by Crippen LogP contribution is 2.24.